The zero-order valence-corrected chi connectivity index (χ0v) is 9.56. The number of methoxy groups -OCH3 is 1. The molecule has 0 saturated carbocycles. The number of hydrogen-bond acceptors (Lipinski definition) is 4. The lowest BCUT2D eigenvalue weighted by Gasteiger charge is -2.01. The Labute approximate surface area is 95.1 Å². The number of esters is 1. The molecule has 1 rings (SSSR count). The number of ether oxygens (including phenoxy) is 1. The quantitative estimate of drug-likeness (QED) is 0.621. The van der Waals surface area contributed by atoms with Gasteiger partial charge < -0.3 is 4.74 Å². The van der Waals surface area contributed by atoms with Gasteiger partial charge in [-0.05, 0) is 22.0 Å². The Morgan fingerprint density at radius 3 is 3.20 bits per heavy atom. The topological polar surface area (TPSA) is 67.4 Å². The molecule has 15 heavy (non-hydrogen) atoms. The number of aromatic nitrogens is 1. The second-order valence-electron chi connectivity index (χ2n) is 2.51. The molecule has 0 N–H and O–H groups in total. The van der Waals surface area contributed by atoms with Gasteiger partial charge in [-0.3, -0.25) is 0 Å². The first-order valence-corrected chi connectivity index (χ1v) is 4.85. The summed E-state index contributed by atoms with van der Waals surface area (Å²) >= 11 is 3.21. The second kappa shape index (κ2) is 5.32. The minimum absolute atomic E-state index is 0.191. The van der Waals surface area contributed by atoms with E-state index in [9.17, 15) is 4.79 Å². The third-order valence-electron chi connectivity index (χ3n) is 1.58. The summed E-state index contributed by atoms with van der Waals surface area (Å²) in [5.41, 5.74) is 0.298. The van der Waals surface area contributed by atoms with E-state index < -0.39 is 5.97 Å². The smallest absolute Gasteiger partial charge is 0.357 e. The lowest BCUT2D eigenvalue weighted by molar-refractivity contribution is 0.0588. The third kappa shape index (κ3) is 2.67. The fourth-order valence-electron chi connectivity index (χ4n) is 0.952. The van der Waals surface area contributed by atoms with Crippen molar-refractivity contribution in [1.29, 1.82) is 5.26 Å². The highest BCUT2D eigenvalue weighted by Crippen LogP contribution is 2.18. The molecule has 0 unspecified atom stereocenters. The zero-order chi connectivity index (χ0) is 11.3. The summed E-state index contributed by atoms with van der Waals surface area (Å²) in [6, 6.07) is 3.59. The molecule has 0 saturated heterocycles. The molecule has 0 fully saturated rings. The van der Waals surface area contributed by atoms with Crippen LogP contribution in [-0.4, -0.2) is 24.0 Å². The van der Waals surface area contributed by atoms with Crippen LogP contribution in [0.2, 0.25) is 0 Å². The molecule has 1 heterocycles. The Morgan fingerprint density at radius 1 is 1.87 bits per heavy atom. The van der Waals surface area contributed by atoms with E-state index >= 15 is 0 Å². The molecule has 0 aromatic carbocycles. The molecule has 5 nitrogen and oxygen atoms in total. The van der Waals surface area contributed by atoms with Crippen molar-refractivity contribution in [2.24, 2.45) is 5.10 Å². The summed E-state index contributed by atoms with van der Waals surface area (Å²) in [7, 11) is 1.30. The number of rotatable bonds is 3. The van der Waals surface area contributed by atoms with E-state index in [0.29, 0.717) is 10.2 Å². The Hall–Kier alpha value is -1.61. The van der Waals surface area contributed by atoms with Crippen molar-refractivity contribution in [2.75, 3.05) is 7.11 Å². The molecule has 0 aliphatic rings. The number of halogens is 1. The molecule has 0 radical (unpaired) electrons. The molecule has 1 aromatic rings. The second-order valence-corrected chi connectivity index (χ2v) is 3.36. The van der Waals surface area contributed by atoms with Crippen LogP contribution in [0.1, 0.15) is 16.9 Å². The Morgan fingerprint density at radius 2 is 2.60 bits per heavy atom. The van der Waals surface area contributed by atoms with E-state index in [1.165, 1.54) is 18.0 Å². The van der Waals surface area contributed by atoms with E-state index in [-0.39, 0.29) is 6.42 Å². The molecule has 6 heteroatoms. The summed E-state index contributed by atoms with van der Waals surface area (Å²) in [5, 5.41) is 12.2. The number of nitriles is 1. The minimum atomic E-state index is -0.485. The van der Waals surface area contributed by atoms with E-state index in [0.717, 1.165) is 0 Å². The van der Waals surface area contributed by atoms with Crippen LogP contribution >= 0.6 is 15.9 Å². The highest BCUT2D eigenvalue weighted by Gasteiger charge is 2.15. The molecule has 0 spiro atoms. The molecular weight excluding hydrogens is 262 g/mol. The fourth-order valence-corrected chi connectivity index (χ4v) is 1.41. The van der Waals surface area contributed by atoms with Gasteiger partial charge in [0.2, 0.25) is 0 Å². The van der Waals surface area contributed by atoms with Crippen molar-refractivity contribution in [3.05, 3.63) is 22.4 Å². The largest absolute Gasteiger partial charge is 0.464 e. The van der Waals surface area contributed by atoms with Crippen LogP contribution in [0.15, 0.2) is 21.8 Å². The van der Waals surface area contributed by atoms with Crippen LogP contribution in [0, 0.1) is 11.3 Å². The third-order valence-corrected chi connectivity index (χ3v) is 2.22. The summed E-state index contributed by atoms with van der Waals surface area (Å²) < 4.78 is 6.55. The standard InChI is InChI=1S/C9H8BrN3O2/c1-15-9(14)8-7(10)3-6-13(8)12-5-2-4-11/h3,5-6H,2H2,1H3/b12-5+. The molecule has 1 aromatic heterocycles. The van der Waals surface area contributed by atoms with Gasteiger partial charge in [-0.2, -0.15) is 10.4 Å². The van der Waals surface area contributed by atoms with Crippen molar-refractivity contribution in [1.82, 2.24) is 4.68 Å². The van der Waals surface area contributed by atoms with E-state index in [1.807, 2.05) is 6.07 Å². The van der Waals surface area contributed by atoms with Crippen LogP contribution in [0.5, 0.6) is 0 Å². The van der Waals surface area contributed by atoms with Gasteiger partial charge in [-0.25, -0.2) is 9.47 Å². The van der Waals surface area contributed by atoms with Gasteiger partial charge in [0.15, 0.2) is 5.69 Å². The van der Waals surface area contributed by atoms with E-state index in [4.69, 9.17) is 5.26 Å². The van der Waals surface area contributed by atoms with Gasteiger partial charge in [-0.15, -0.1) is 0 Å². The summed E-state index contributed by atoms with van der Waals surface area (Å²) in [6.45, 7) is 0. The van der Waals surface area contributed by atoms with Gasteiger partial charge in [0.05, 0.1) is 24.1 Å². The van der Waals surface area contributed by atoms with Gasteiger partial charge in [0, 0.05) is 12.4 Å². The van der Waals surface area contributed by atoms with Crippen molar-refractivity contribution in [2.45, 2.75) is 6.42 Å². The minimum Gasteiger partial charge on any atom is -0.464 e. The molecular formula is C9H8BrN3O2. The summed E-state index contributed by atoms with van der Waals surface area (Å²) in [6.07, 6.45) is 3.21. The first-order chi connectivity index (χ1) is 7.20. The molecule has 0 bridgehead atoms. The molecule has 0 aliphatic heterocycles. The van der Waals surface area contributed by atoms with E-state index in [2.05, 4.69) is 25.8 Å². The summed E-state index contributed by atoms with van der Waals surface area (Å²) in [4.78, 5) is 11.3. The maximum absolute atomic E-state index is 11.3. The van der Waals surface area contributed by atoms with Crippen LogP contribution in [0.4, 0.5) is 0 Å². The Balaban J connectivity index is 2.99. The van der Waals surface area contributed by atoms with Crippen LogP contribution < -0.4 is 0 Å². The van der Waals surface area contributed by atoms with E-state index in [1.54, 1.807) is 12.3 Å². The Bertz CT molecular complexity index is 431. The molecule has 0 amide bonds. The maximum atomic E-state index is 11.3. The lowest BCUT2D eigenvalue weighted by Crippen LogP contribution is -2.07. The van der Waals surface area contributed by atoms with Crippen molar-refractivity contribution in [3.8, 4) is 6.07 Å². The van der Waals surface area contributed by atoms with Crippen molar-refractivity contribution < 1.29 is 9.53 Å². The number of carbonyl (C=O) groups excluding carboxylic acids is 1. The first-order valence-electron chi connectivity index (χ1n) is 4.05. The van der Waals surface area contributed by atoms with Gasteiger partial charge >= 0.3 is 5.97 Å². The molecule has 78 valence electrons. The number of hydrogen-bond donors (Lipinski definition) is 0. The predicted octanol–water partition coefficient (Wildman–Crippen LogP) is 1.78. The van der Waals surface area contributed by atoms with Gasteiger partial charge in [0.25, 0.3) is 0 Å². The average molecular weight is 270 g/mol. The van der Waals surface area contributed by atoms with Gasteiger partial charge in [0.1, 0.15) is 0 Å². The highest BCUT2D eigenvalue weighted by molar-refractivity contribution is 9.10. The van der Waals surface area contributed by atoms with Crippen molar-refractivity contribution in [3.63, 3.8) is 0 Å². The SMILES string of the molecule is COC(=O)c1c(Br)ccn1/N=C/CC#N. The summed E-state index contributed by atoms with van der Waals surface area (Å²) in [5.74, 6) is -0.485. The normalized spacial score (nSPS) is 10.2. The molecule has 0 aliphatic carbocycles. The van der Waals surface area contributed by atoms with Crippen LogP contribution in [0.25, 0.3) is 0 Å². The highest BCUT2D eigenvalue weighted by atomic mass is 79.9. The number of carbonyl (C=O) groups is 1. The average Bonchev–Trinajstić information content (AvgIpc) is 2.59. The predicted molar refractivity (Wildman–Crippen MR) is 57.6 cm³/mol. The number of nitrogens with zero attached hydrogens (tertiary/aromatic N) is 3. The van der Waals surface area contributed by atoms with Crippen LogP contribution in [0.3, 0.4) is 0 Å². The zero-order valence-electron chi connectivity index (χ0n) is 7.98. The lowest BCUT2D eigenvalue weighted by atomic mass is 10.4. The molecule has 0 atom stereocenters. The van der Waals surface area contributed by atoms with Gasteiger partial charge in [-0.1, -0.05) is 0 Å². The maximum Gasteiger partial charge on any atom is 0.357 e. The fraction of sp³-hybridized carbons (Fsp3) is 0.222. The van der Waals surface area contributed by atoms with Crippen molar-refractivity contribution >= 4 is 28.1 Å². The first kappa shape index (κ1) is 11.5. The van der Waals surface area contributed by atoms with Crippen LogP contribution in [-0.2, 0) is 4.74 Å². The Kier molecular flexibility index (Phi) is 4.06. The monoisotopic (exact) mass is 269 g/mol.